The van der Waals surface area contributed by atoms with Gasteiger partial charge in [-0.15, -0.1) is 11.3 Å². The smallest absolute Gasteiger partial charge is 0.267 e. The molecule has 0 saturated carbocycles. The van der Waals surface area contributed by atoms with Gasteiger partial charge in [-0.2, -0.15) is 5.10 Å². The van der Waals surface area contributed by atoms with Crippen molar-refractivity contribution in [2.24, 2.45) is 0 Å². The van der Waals surface area contributed by atoms with Crippen molar-refractivity contribution < 1.29 is 4.79 Å². The van der Waals surface area contributed by atoms with E-state index in [1.165, 1.54) is 11.3 Å². The summed E-state index contributed by atoms with van der Waals surface area (Å²) in [6.07, 6.45) is 4.54. The molecule has 6 heteroatoms. The first-order chi connectivity index (χ1) is 13.1. The van der Waals surface area contributed by atoms with Crippen LogP contribution in [-0.2, 0) is 19.3 Å². The molecule has 1 amide bonds. The number of nitrogens with zero attached hydrogens (tertiary/aromatic N) is 1. The van der Waals surface area contributed by atoms with E-state index in [9.17, 15) is 9.59 Å². The molecule has 5 nitrogen and oxygen atoms in total. The van der Waals surface area contributed by atoms with Crippen LogP contribution >= 0.6 is 11.3 Å². The molecule has 1 aliphatic rings. The summed E-state index contributed by atoms with van der Waals surface area (Å²) in [4.78, 5) is 25.2. The number of anilines is 1. The first-order valence-corrected chi connectivity index (χ1v) is 10.0. The third kappa shape index (κ3) is 3.71. The summed E-state index contributed by atoms with van der Waals surface area (Å²) in [5.41, 5.74) is 5.68. The second kappa shape index (κ2) is 7.48. The Balaban J connectivity index is 1.56. The Morgan fingerprint density at radius 2 is 2.04 bits per heavy atom. The number of nitrogens with one attached hydrogen (secondary N) is 2. The molecule has 0 atom stereocenters. The Bertz CT molecular complexity index is 1050. The Kier molecular flexibility index (Phi) is 4.90. The third-order valence-corrected chi connectivity index (χ3v) is 6.02. The standard InChI is InChI=1S/C21H21N3O2S/c1-13-9-10-27-19(13)21(26)22-15-6-4-5-14(11-15)12-18-16-7-2-3-8-17(16)20(25)24-23-18/h4-6,9-11H,2-3,7-8,12H2,1H3,(H,22,26)(H,24,25). The average Bonchev–Trinajstić information content (AvgIpc) is 3.11. The average molecular weight is 379 g/mol. The predicted octanol–water partition coefficient (Wildman–Crippen LogP) is 3.86. The number of H-pyrrole nitrogens is 1. The molecule has 0 spiro atoms. The molecule has 0 saturated heterocycles. The molecule has 2 N–H and O–H groups in total. The topological polar surface area (TPSA) is 74.8 Å². The van der Waals surface area contributed by atoms with Gasteiger partial charge in [-0.1, -0.05) is 12.1 Å². The normalized spacial score (nSPS) is 13.2. The molecule has 0 unspecified atom stereocenters. The quantitative estimate of drug-likeness (QED) is 0.723. The van der Waals surface area contributed by atoms with Crippen molar-refractivity contribution in [2.45, 2.75) is 39.0 Å². The van der Waals surface area contributed by atoms with Crippen molar-refractivity contribution in [1.82, 2.24) is 10.2 Å². The Hall–Kier alpha value is -2.73. The largest absolute Gasteiger partial charge is 0.321 e. The molecule has 2 aromatic heterocycles. The van der Waals surface area contributed by atoms with Crippen LogP contribution < -0.4 is 10.9 Å². The number of aromatic nitrogens is 2. The summed E-state index contributed by atoms with van der Waals surface area (Å²) in [6, 6.07) is 9.77. The molecule has 1 aliphatic carbocycles. The number of aryl methyl sites for hydroxylation is 1. The SMILES string of the molecule is Cc1ccsc1C(=O)Nc1cccc(Cc2n[nH]c(=O)c3c2CCCC3)c1. The van der Waals surface area contributed by atoms with Crippen LogP contribution in [0.2, 0.25) is 0 Å². The van der Waals surface area contributed by atoms with Gasteiger partial charge in [-0.25, -0.2) is 5.10 Å². The van der Waals surface area contributed by atoms with Gasteiger partial charge in [0.2, 0.25) is 0 Å². The zero-order valence-electron chi connectivity index (χ0n) is 15.2. The van der Waals surface area contributed by atoms with E-state index >= 15 is 0 Å². The van der Waals surface area contributed by atoms with Gasteiger partial charge in [0.05, 0.1) is 10.6 Å². The molecule has 0 bridgehead atoms. The Morgan fingerprint density at radius 1 is 1.22 bits per heavy atom. The summed E-state index contributed by atoms with van der Waals surface area (Å²) >= 11 is 1.44. The van der Waals surface area contributed by atoms with E-state index in [2.05, 4.69) is 15.5 Å². The van der Waals surface area contributed by atoms with Gasteiger partial charge in [-0.3, -0.25) is 9.59 Å². The highest BCUT2D eigenvalue weighted by Gasteiger charge is 2.18. The van der Waals surface area contributed by atoms with Gasteiger partial charge in [0.1, 0.15) is 0 Å². The molecular formula is C21H21N3O2S. The van der Waals surface area contributed by atoms with E-state index < -0.39 is 0 Å². The summed E-state index contributed by atoms with van der Waals surface area (Å²) in [5, 5.41) is 11.9. The number of benzene rings is 1. The third-order valence-electron chi connectivity index (χ3n) is 5.01. The lowest BCUT2D eigenvalue weighted by atomic mass is 9.90. The van der Waals surface area contributed by atoms with Crippen molar-refractivity contribution in [3.8, 4) is 0 Å². The van der Waals surface area contributed by atoms with Crippen LogP contribution in [0.3, 0.4) is 0 Å². The molecule has 138 valence electrons. The van der Waals surface area contributed by atoms with E-state index in [4.69, 9.17) is 0 Å². The number of rotatable bonds is 4. The number of carbonyl (C=O) groups is 1. The van der Waals surface area contributed by atoms with Crippen molar-refractivity contribution in [1.29, 1.82) is 0 Å². The minimum Gasteiger partial charge on any atom is -0.321 e. The summed E-state index contributed by atoms with van der Waals surface area (Å²) in [6.45, 7) is 1.94. The molecule has 0 radical (unpaired) electrons. The molecule has 2 heterocycles. The molecule has 0 fully saturated rings. The lowest BCUT2D eigenvalue weighted by Gasteiger charge is -2.17. The number of carbonyl (C=O) groups excluding carboxylic acids is 1. The fraction of sp³-hybridized carbons (Fsp3) is 0.286. The fourth-order valence-electron chi connectivity index (χ4n) is 3.62. The second-order valence-electron chi connectivity index (χ2n) is 6.93. The number of hydrogen-bond donors (Lipinski definition) is 2. The maximum Gasteiger partial charge on any atom is 0.267 e. The molecule has 1 aromatic carbocycles. The molecule has 4 rings (SSSR count). The van der Waals surface area contributed by atoms with Crippen LogP contribution in [0, 0.1) is 6.92 Å². The number of hydrogen-bond acceptors (Lipinski definition) is 4. The summed E-state index contributed by atoms with van der Waals surface area (Å²) in [5.74, 6) is -0.0841. The van der Waals surface area contributed by atoms with E-state index in [1.54, 1.807) is 0 Å². The van der Waals surface area contributed by atoms with E-state index in [0.717, 1.165) is 64.2 Å². The first-order valence-electron chi connectivity index (χ1n) is 9.15. The van der Waals surface area contributed by atoms with Gasteiger partial charge < -0.3 is 5.32 Å². The van der Waals surface area contributed by atoms with Gasteiger partial charge in [0.25, 0.3) is 11.5 Å². The maximum atomic E-state index is 12.4. The maximum absolute atomic E-state index is 12.4. The van der Waals surface area contributed by atoms with Crippen LogP contribution in [0.5, 0.6) is 0 Å². The van der Waals surface area contributed by atoms with Crippen molar-refractivity contribution >= 4 is 22.9 Å². The Morgan fingerprint density at radius 3 is 2.81 bits per heavy atom. The second-order valence-corrected chi connectivity index (χ2v) is 7.84. The van der Waals surface area contributed by atoms with Crippen LogP contribution in [0.25, 0.3) is 0 Å². The van der Waals surface area contributed by atoms with Gasteiger partial charge in [-0.05, 0) is 72.9 Å². The lowest BCUT2D eigenvalue weighted by molar-refractivity contribution is 0.103. The molecular weight excluding hydrogens is 358 g/mol. The number of aromatic amines is 1. The van der Waals surface area contributed by atoms with Gasteiger partial charge in [0, 0.05) is 17.7 Å². The molecule has 3 aromatic rings. The summed E-state index contributed by atoms with van der Waals surface area (Å²) < 4.78 is 0. The lowest BCUT2D eigenvalue weighted by Crippen LogP contribution is -2.23. The van der Waals surface area contributed by atoms with E-state index in [-0.39, 0.29) is 11.5 Å². The van der Waals surface area contributed by atoms with Crippen LogP contribution in [0.15, 0.2) is 40.5 Å². The monoisotopic (exact) mass is 379 g/mol. The minimum atomic E-state index is -0.0841. The van der Waals surface area contributed by atoms with E-state index in [0.29, 0.717) is 6.42 Å². The first kappa shape index (κ1) is 17.7. The van der Waals surface area contributed by atoms with Crippen LogP contribution in [0.4, 0.5) is 5.69 Å². The zero-order valence-corrected chi connectivity index (χ0v) is 16.0. The van der Waals surface area contributed by atoms with Crippen LogP contribution in [0.1, 0.15) is 50.5 Å². The van der Waals surface area contributed by atoms with Crippen molar-refractivity contribution in [2.75, 3.05) is 5.32 Å². The Labute approximate surface area is 161 Å². The number of fused-ring (bicyclic) bond motifs is 1. The van der Waals surface area contributed by atoms with E-state index in [1.807, 2.05) is 42.6 Å². The predicted molar refractivity (Wildman–Crippen MR) is 108 cm³/mol. The highest BCUT2D eigenvalue weighted by atomic mass is 32.1. The van der Waals surface area contributed by atoms with Gasteiger partial charge in [0.15, 0.2) is 0 Å². The number of thiophene rings is 1. The van der Waals surface area contributed by atoms with Crippen molar-refractivity contribution in [3.05, 3.63) is 78.9 Å². The van der Waals surface area contributed by atoms with Crippen LogP contribution in [-0.4, -0.2) is 16.1 Å². The number of amides is 1. The van der Waals surface area contributed by atoms with Crippen molar-refractivity contribution in [3.63, 3.8) is 0 Å². The summed E-state index contributed by atoms with van der Waals surface area (Å²) in [7, 11) is 0. The minimum absolute atomic E-state index is 0.0548. The highest BCUT2D eigenvalue weighted by Crippen LogP contribution is 2.23. The highest BCUT2D eigenvalue weighted by molar-refractivity contribution is 7.12. The molecule has 27 heavy (non-hydrogen) atoms. The molecule has 0 aliphatic heterocycles. The fourth-order valence-corrected chi connectivity index (χ4v) is 4.44. The van der Waals surface area contributed by atoms with Gasteiger partial charge >= 0.3 is 0 Å². The zero-order chi connectivity index (χ0) is 18.8.